The van der Waals surface area contributed by atoms with E-state index in [4.69, 9.17) is 9.47 Å². The number of halogens is 2. The predicted octanol–water partition coefficient (Wildman–Crippen LogP) is 6.46. The van der Waals surface area contributed by atoms with Gasteiger partial charge in [-0.2, -0.15) is 5.26 Å². The van der Waals surface area contributed by atoms with Gasteiger partial charge >= 0.3 is 12.2 Å². The summed E-state index contributed by atoms with van der Waals surface area (Å²) in [4.78, 5) is 41.3. The highest BCUT2D eigenvalue weighted by Gasteiger charge is 2.29. The first-order valence-electron chi connectivity index (χ1n) is 13.8. The Bertz CT molecular complexity index is 1820. The number of nitrogens with zero attached hydrogens (tertiary/aromatic N) is 6. The Hall–Kier alpha value is -4.64. The fourth-order valence-electron chi connectivity index (χ4n) is 4.80. The Kier molecular flexibility index (Phi) is 8.02. The number of benzene rings is 2. The van der Waals surface area contributed by atoms with Crippen molar-refractivity contribution in [3.05, 3.63) is 41.7 Å². The number of aromatic nitrogens is 3. The molecule has 1 aliphatic heterocycles. The number of nitrogens with one attached hydrogen (secondary N) is 1. The van der Waals surface area contributed by atoms with E-state index >= 15 is 4.39 Å². The van der Waals surface area contributed by atoms with Gasteiger partial charge in [-0.05, 0) is 59.7 Å². The lowest BCUT2D eigenvalue weighted by Gasteiger charge is -2.36. The fourth-order valence-corrected chi connectivity index (χ4v) is 5.68. The lowest BCUT2D eigenvalue weighted by Crippen LogP contribution is -2.50. The van der Waals surface area contributed by atoms with Gasteiger partial charge in [0.15, 0.2) is 10.9 Å². The summed E-state index contributed by atoms with van der Waals surface area (Å²) in [6, 6.07) is 6.06. The van der Waals surface area contributed by atoms with Gasteiger partial charge in [-0.25, -0.2) is 33.3 Å². The quantitative estimate of drug-likeness (QED) is 0.273. The maximum atomic E-state index is 16.4. The van der Waals surface area contributed by atoms with E-state index in [9.17, 15) is 19.2 Å². The Morgan fingerprint density at radius 2 is 1.68 bits per heavy atom. The van der Waals surface area contributed by atoms with Crippen LogP contribution in [0.5, 0.6) is 0 Å². The van der Waals surface area contributed by atoms with Crippen LogP contribution in [0.2, 0.25) is 0 Å². The first-order chi connectivity index (χ1) is 20.6. The third-order valence-electron chi connectivity index (χ3n) is 6.57. The van der Waals surface area contributed by atoms with E-state index in [0.717, 1.165) is 17.4 Å². The van der Waals surface area contributed by atoms with E-state index in [0.29, 0.717) is 37.4 Å². The zero-order valence-electron chi connectivity index (χ0n) is 25.1. The standard InChI is InChI=1S/C30H31F2N7O4S/c1-29(2,3)42-27(40)37-26-36-23-17(7-8-19(31)24(23)44-26)20-16(14-33)13-18-22(21(20)32)34-15-35-25(18)38-9-11-39(12-10-38)28(41)43-30(4,5)6/h7-8,13,15H,9-12H2,1-6H3,(H,36,37,40). The normalized spacial score (nSPS) is 14.1. The number of carbonyl (C=O) groups excluding carboxylic acids is 2. The number of piperazine rings is 1. The molecule has 0 radical (unpaired) electrons. The lowest BCUT2D eigenvalue weighted by molar-refractivity contribution is 0.0240. The van der Waals surface area contributed by atoms with Crippen molar-refractivity contribution in [2.45, 2.75) is 52.7 Å². The summed E-state index contributed by atoms with van der Waals surface area (Å²) in [6.07, 6.45) is 0.0523. The highest BCUT2D eigenvalue weighted by molar-refractivity contribution is 7.22. The number of hydrogen-bond acceptors (Lipinski definition) is 10. The molecule has 5 rings (SSSR count). The van der Waals surface area contributed by atoms with Crippen molar-refractivity contribution in [1.82, 2.24) is 19.9 Å². The Balaban J connectivity index is 1.51. The molecule has 1 aliphatic rings. The molecule has 1 N–H and O–H groups in total. The van der Waals surface area contributed by atoms with Gasteiger partial charge < -0.3 is 19.3 Å². The van der Waals surface area contributed by atoms with Crippen LogP contribution in [0.15, 0.2) is 24.5 Å². The van der Waals surface area contributed by atoms with Gasteiger partial charge in [-0.3, -0.25) is 5.32 Å². The molecule has 0 saturated carbocycles. The van der Waals surface area contributed by atoms with Gasteiger partial charge in [0.05, 0.1) is 21.8 Å². The fraction of sp³-hybridized carbons (Fsp3) is 0.400. The molecular formula is C30H31F2N7O4S. The topological polar surface area (TPSA) is 134 Å². The minimum Gasteiger partial charge on any atom is -0.444 e. The molecule has 2 aromatic heterocycles. The van der Waals surface area contributed by atoms with E-state index < -0.39 is 35.0 Å². The van der Waals surface area contributed by atoms with Crippen LogP contribution in [-0.2, 0) is 9.47 Å². The second-order valence-corrected chi connectivity index (χ2v) is 13.2. The second kappa shape index (κ2) is 11.5. The largest absolute Gasteiger partial charge is 0.444 e. The van der Waals surface area contributed by atoms with Crippen molar-refractivity contribution in [2.75, 3.05) is 36.4 Å². The molecule has 11 nitrogen and oxygen atoms in total. The van der Waals surface area contributed by atoms with Gasteiger partial charge in [0.2, 0.25) is 0 Å². The van der Waals surface area contributed by atoms with Gasteiger partial charge in [0.1, 0.15) is 34.7 Å². The van der Waals surface area contributed by atoms with Crippen molar-refractivity contribution in [1.29, 1.82) is 5.26 Å². The SMILES string of the molecule is CC(C)(C)OC(=O)Nc1nc2c(-c3c(C#N)cc4c(N5CCN(C(=O)OC(C)(C)C)CC5)ncnc4c3F)ccc(F)c2s1. The summed E-state index contributed by atoms with van der Waals surface area (Å²) < 4.78 is 42.0. The minimum atomic E-state index is -0.794. The molecule has 0 atom stereocenters. The molecule has 3 heterocycles. The van der Waals surface area contributed by atoms with E-state index in [2.05, 4.69) is 26.3 Å². The van der Waals surface area contributed by atoms with Crippen LogP contribution in [-0.4, -0.2) is 69.4 Å². The van der Waals surface area contributed by atoms with E-state index in [-0.39, 0.29) is 37.6 Å². The first-order valence-corrected chi connectivity index (χ1v) is 14.7. The first kappa shape index (κ1) is 30.8. The zero-order chi connectivity index (χ0) is 32.0. The average Bonchev–Trinajstić information content (AvgIpc) is 3.36. The van der Waals surface area contributed by atoms with Crippen molar-refractivity contribution >= 4 is 55.6 Å². The molecule has 44 heavy (non-hydrogen) atoms. The van der Waals surface area contributed by atoms with Gasteiger partial charge in [0.25, 0.3) is 0 Å². The number of anilines is 2. The summed E-state index contributed by atoms with van der Waals surface area (Å²) in [7, 11) is 0. The molecule has 0 unspecified atom stereocenters. The summed E-state index contributed by atoms with van der Waals surface area (Å²) in [5, 5.41) is 13.0. The third kappa shape index (κ3) is 6.33. The number of nitriles is 1. The molecule has 0 spiro atoms. The van der Waals surface area contributed by atoms with Crippen molar-refractivity contribution in [3.8, 4) is 17.2 Å². The van der Waals surface area contributed by atoms with Crippen molar-refractivity contribution < 1.29 is 27.8 Å². The maximum absolute atomic E-state index is 16.4. The van der Waals surface area contributed by atoms with E-state index in [1.807, 2.05) is 4.90 Å². The number of amides is 2. The molecule has 1 saturated heterocycles. The van der Waals surface area contributed by atoms with E-state index in [1.165, 1.54) is 18.5 Å². The molecule has 2 amide bonds. The average molecular weight is 624 g/mol. The molecule has 14 heteroatoms. The number of rotatable bonds is 3. The van der Waals surface area contributed by atoms with E-state index in [1.54, 1.807) is 46.4 Å². The van der Waals surface area contributed by atoms with Crippen LogP contribution in [0.25, 0.3) is 32.2 Å². The Morgan fingerprint density at radius 3 is 2.32 bits per heavy atom. The molecule has 230 valence electrons. The number of fused-ring (bicyclic) bond motifs is 2. The summed E-state index contributed by atoms with van der Waals surface area (Å²) in [6.45, 7) is 12.0. The van der Waals surface area contributed by atoms with Crippen molar-refractivity contribution in [2.24, 2.45) is 0 Å². The molecule has 2 aromatic carbocycles. The molecule has 0 bridgehead atoms. The Labute approximate surface area is 256 Å². The van der Waals surface area contributed by atoms with Crippen LogP contribution < -0.4 is 10.2 Å². The minimum absolute atomic E-state index is 0.0269. The second-order valence-electron chi connectivity index (χ2n) is 12.2. The van der Waals surface area contributed by atoms with Crippen LogP contribution >= 0.6 is 11.3 Å². The summed E-state index contributed by atoms with van der Waals surface area (Å²) in [5.41, 5.74) is -1.30. The lowest BCUT2D eigenvalue weighted by atomic mass is 9.96. The number of ether oxygens (including phenoxy) is 2. The summed E-state index contributed by atoms with van der Waals surface area (Å²) in [5.74, 6) is -0.992. The van der Waals surface area contributed by atoms with Gasteiger partial charge in [0, 0.05) is 42.7 Å². The highest BCUT2D eigenvalue weighted by Crippen LogP contribution is 2.40. The molecule has 4 aromatic rings. The number of carbonyl (C=O) groups is 2. The van der Waals surface area contributed by atoms with Crippen LogP contribution in [0.3, 0.4) is 0 Å². The highest BCUT2D eigenvalue weighted by atomic mass is 32.1. The monoisotopic (exact) mass is 623 g/mol. The van der Waals surface area contributed by atoms with Gasteiger partial charge in [-0.1, -0.05) is 11.3 Å². The van der Waals surface area contributed by atoms with Crippen LogP contribution in [0, 0.1) is 23.0 Å². The smallest absolute Gasteiger partial charge is 0.413 e. The maximum Gasteiger partial charge on any atom is 0.413 e. The van der Waals surface area contributed by atoms with Crippen molar-refractivity contribution in [3.63, 3.8) is 0 Å². The summed E-state index contributed by atoms with van der Waals surface area (Å²) >= 11 is 0.864. The van der Waals surface area contributed by atoms with Crippen LogP contribution in [0.4, 0.5) is 29.3 Å². The number of thiazole rings is 1. The molecule has 0 aliphatic carbocycles. The Morgan fingerprint density at radius 1 is 1.00 bits per heavy atom. The third-order valence-corrected chi connectivity index (χ3v) is 7.55. The van der Waals surface area contributed by atoms with Crippen LogP contribution in [0.1, 0.15) is 47.1 Å². The molecular weight excluding hydrogens is 592 g/mol. The van der Waals surface area contributed by atoms with Gasteiger partial charge in [-0.15, -0.1) is 0 Å². The molecule has 1 fully saturated rings. The predicted molar refractivity (Wildman–Crippen MR) is 163 cm³/mol. The zero-order valence-corrected chi connectivity index (χ0v) is 25.9. The number of hydrogen-bond donors (Lipinski definition) is 1.